The van der Waals surface area contributed by atoms with Crippen LogP contribution in [0.15, 0.2) is 0 Å². The van der Waals surface area contributed by atoms with Crippen molar-refractivity contribution in [3.63, 3.8) is 0 Å². The van der Waals surface area contributed by atoms with Crippen LogP contribution >= 0.6 is 15.9 Å². The predicted octanol–water partition coefficient (Wildman–Crippen LogP) is 2.75. The molecule has 2 N–H and O–H groups in total. The van der Waals surface area contributed by atoms with E-state index in [0.717, 1.165) is 24.7 Å². The van der Waals surface area contributed by atoms with E-state index >= 15 is 0 Å². The molecule has 2 amide bonds. The Morgan fingerprint density at radius 2 is 1.65 bits per heavy atom. The van der Waals surface area contributed by atoms with Gasteiger partial charge in [-0.2, -0.15) is 0 Å². The van der Waals surface area contributed by atoms with E-state index in [4.69, 9.17) is 0 Å². The number of amides is 2. The first-order valence-electron chi connectivity index (χ1n) is 9.19. The van der Waals surface area contributed by atoms with E-state index in [9.17, 15) is 9.59 Å². The molecule has 5 aliphatic carbocycles. The second-order valence-electron chi connectivity index (χ2n) is 8.70. The van der Waals surface area contributed by atoms with Crippen LogP contribution in [0.25, 0.3) is 0 Å². The van der Waals surface area contributed by atoms with E-state index in [-0.39, 0.29) is 23.1 Å². The quantitative estimate of drug-likeness (QED) is 0.548. The maximum absolute atomic E-state index is 12.4. The summed E-state index contributed by atoms with van der Waals surface area (Å²) < 4.78 is 0.315. The van der Waals surface area contributed by atoms with Gasteiger partial charge in [0.1, 0.15) is 0 Å². The molecule has 5 rings (SSSR count). The molecule has 0 heterocycles. The molecule has 0 aromatic rings. The molecule has 0 aliphatic heterocycles. The van der Waals surface area contributed by atoms with E-state index in [2.05, 4.69) is 26.6 Å². The first kappa shape index (κ1) is 15.9. The predicted molar refractivity (Wildman–Crippen MR) is 92.1 cm³/mol. The summed E-state index contributed by atoms with van der Waals surface area (Å²) in [4.78, 5) is 23.9. The van der Waals surface area contributed by atoms with Crippen LogP contribution in [0.2, 0.25) is 0 Å². The summed E-state index contributed by atoms with van der Waals surface area (Å²) in [6.07, 6.45) is 10.4. The first-order chi connectivity index (χ1) is 11.0. The summed E-state index contributed by atoms with van der Waals surface area (Å²) >= 11 is 4.00. The smallest absolute Gasteiger partial charge is 0.223 e. The maximum Gasteiger partial charge on any atom is 0.223 e. The minimum absolute atomic E-state index is 0.154. The van der Waals surface area contributed by atoms with Gasteiger partial charge in [0.05, 0.1) is 0 Å². The Hall–Kier alpha value is -0.580. The summed E-state index contributed by atoms with van der Waals surface area (Å²) in [6.45, 7) is 1.11. The number of hydrogen-bond acceptors (Lipinski definition) is 2. The van der Waals surface area contributed by atoms with E-state index in [1.54, 1.807) is 0 Å². The molecule has 0 aromatic heterocycles. The zero-order valence-electron chi connectivity index (χ0n) is 13.7. The molecule has 0 aromatic carbocycles. The number of hydrogen-bond donors (Lipinski definition) is 2. The maximum atomic E-state index is 12.4. The fraction of sp³-hybridized carbons (Fsp3) is 0.889. The largest absolute Gasteiger partial charge is 0.354 e. The van der Waals surface area contributed by atoms with Gasteiger partial charge < -0.3 is 10.6 Å². The van der Waals surface area contributed by atoms with E-state index < -0.39 is 0 Å². The number of carbonyl (C=O) groups is 2. The van der Waals surface area contributed by atoms with Crippen molar-refractivity contribution in [3.05, 3.63) is 0 Å². The Balaban J connectivity index is 1.24. The summed E-state index contributed by atoms with van der Waals surface area (Å²) in [7, 11) is 0. The monoisotopic (exact) mass is 382 g/mol. The minimum Gasteiger partial charge on any atom is -0.354 e. The molecule has 5 aliphatic rings. The molecule has 5 heteroatoms. The Labute approximate surface area is 146 Å². The van der Waals surface area contributed by atoms with Crippen LogP contribution in [0.1, 0.15) is 57.8 Å². The zero-order chi connectivity index (χ0) is 16.1. The molecule has 128 valence electrons. The molecule has 0 radical (unpaired) electrons. The number of rotatable bonds is 6. The summed E-state index contributed by atoms with van der Waals surface area (Å²) in [5.41, 5.74) is 0.231. The topological polar surface area (TPSA) is 58.2 Å². The van der Waals surface area contributed by atoms with Crippen molar-refractivity contribution in [2.24, 2.45) is 23.2 Å². The molecule has 23 heavy (non-hydrogen) atoms. The van der Waals surface area contributed by atoms with E-state index in [0.29, 0.717) is 23.8 Å². The summed E-state index contributed by atoms with van der Waals surface area (Å²) in [5.74, 6) is 2.21. The third-order valence-corrected chi connectivity index (χ3v) is 7.27. The highest BCUT2D eigenvalue weighted by Gasteiger charge is 2.57. The molecule has 4 bridgehead atoms. The first-order valence-corrected chi connectivity index (χ1v) is 9.98. The number of halogens is 1. The van der Waals surface area contributed by atoms with Gasteiger partial charge in [-0.05, 0) is 68.6 Å². The molecule has 0 unspecified atom stereocenters. The Bertz CT molecular complexity index is 503. The van der Waals surface area contributed by atoms with Gasteiger partial charge in [-0.1, -0.05) is 15.9 Å². The van der Waals surface area contributed by atoms with Gasteiger partial charge in [0.2, 0.25) is 11.8 Å². The lowest BCUT2D eigenvalue weighted by molar-refractivity contribution is -0.128. The van der Waals surface area contributed by atoms with Crippen LogP contribution in [-0.2, 0) is 9.59 Å². The highest BCUT2D eigenvalue weighted by Crippen LogP contribution is 2.65. The Morgan fingerprint density at radius 3 is 2.26 bits per heavy atom. The Morgan fingerprint density at radius 1 is 1.00 bits per heavy atom. The Kier molecular flexibility index (Phi) is 3.98. The SMILES string of the molecule is O=C(CC12C[C@@H]3C[C@H](CC(Br)(C3)C1)C2)NCCNC(=O)C1CC1. The molecule has 5 saturated carbocycles. The van der Waals surface area contributed by atoms with Gasteiger partial charge in [0, 0.05) is 29.8 Å². The van der Waals surface area contributed by atoms with Crippen molar-refractivity contribution in [1.29, 1.82) is 0 Å². The van der Waals surface area contributed by atoms with Gasteiger partial charge in [-0.15, -0.1) is 0 Å². The fourth-order valence-electron chi connectivity index (χ4n) is 5.82. The van der Waals surface area contributed by atoms with Crippen LogP contribution in [-0.4, -0.2) is 29.2 Å². The van der Waals surface area contributed by atoms with Gasteiger partial charge in [0.15, 0.2) is 0 Å². The highest BCUT2D eigenvalue weighted by atomic mass is 79.9. The van der Waals surface area contributed by atoms with Crippen LogP contribution in [0, 0.1) is 23.2 Å². The highest BCUT2D eigenvalue weighted by molar-refractivity contribution is 9.10. The van der Waals surface area contributed by atoms with Crippen molar-refractivity contribution in [3.8, 4) is 0 Å². The molecule has 2 atom stereocenters. The van der Waals surface area contributed by atoms with E-state index in [1.165, 1.54) is 38.5 Å². The third kappa shape index (κ3) is 3.45. The van der Waals surface area contributed by atoms with Gasteiger partial charge in [-0.25, -0.2) is 0 Å². The lowest BCUT2D eigenvalue weighted by Gasteiger charge is -2.60. The van der Waals surface area contributed by atoms with Crippen LogP contribution < -0.4 is 10.6 Å². The molecule has 0 saturated heterocycles. The number of nitrogens with one attached hydrogen (secondary N) is 2. The van der Waals surface area contributed by atoms with Crippen molar-refractivity contribution in [2.45, 2.75) is 62.1 Å². The molecular weight excluding hydrogens is 356 g/mol. The van der Waals surface area contributed by atoms with Crippen LogP contribution in [0.5, 0.6) is 0 Å². The fourth-order valence-corrected chi connectivity index (χ4v) is 7.33. The van der Waals surface area contributed by atoms with Crippen LogP contribution in [0.4, 0.5) is 0 Å². The molecular formula is C18H27BrN2O2. The van der Waals surface area contributed by atoms with Crippen molar-refractivity contribution < 1.29 is 9.59 Å². The van der Waals surface area contributed by atoms with Crippen molar-refractivity contribution in [1.82, 2.24) is 10.6 Å². The van der Waals surface area contributed by atoms with Gasteiger partial charge >= 0.3 is 0 Å². The van der Waals surface area contributed by atoms with Crippen molar-refractivity contribution >= 4 is 27.7 Å². The van der Waals surface area contributed by atoms with Crippen LogP contribution in [0.3, 0.4) is 0 Å². The molecule has 0 spiro atoms. The van der Waals surface area contributed by atoms with Crippen molar-refractivity contribution in [2.75, 3.05) is 13.1 Å². The number of carbonyl (C=O) groups excluding carboxylic acids is 2. The normalized spacial score (nSPS) is 40.9. The standard InChI is InChI=1S/C18H27BrN2O2/c19-18-8-12-5-13(9-18)7-17(6-12,11-18)10-15(22)20-3-4-21-16(23)14-1-2-14/h12-14H,1-11H2,(H,20,22)(H,21,23)/t12-,13-,17?,18?/m0/s1. The zero-order valence-corrected chi connectivity index (χ0v) is 15.3. The molecule has 4 nitrogen and oxygen atoms in total. The second-order valence-corrected chi connectivity index (χ2v) is 10.4. The summed E-state index contributed by atoms with van der Waals surface area (Å²) in [5, 5.41) is 5.92. The lowest BCUT2D eigenvalue weighted by atomic mass is 9.48. The van der Waals surface area contributed by atoms with E-state index in [1.807, 2.05) is 0 Å². The average molecular weight is 383 g/mol. The van der Waals surface area contributed by atoms with Gasteiger partial charge in [-0.3, -0.25) is 9.59 Å². The average Bonchev–Trinajstić information content (AvgIpc) is 3.24. The molecule has 5 fully saturated rings. The lowest BCUT2D eigenvalue weighted by Crippen LogP contribution is -2.54. The number of alkyl halides is 1. The minimum atomic E-state index is 0.154. The van der Waals surface area contributed by atoms with Gasteiger partial charge in [0.25, 0.3) is 0 Å². The summed E-state index contributed by atoms with van der Waals surface area (Å²) in [6, 6.07) is 0. The third-order valence-electron chi connectivity index (χ3n) is 6.34. The second kappa shape index (κ2) is 5.75.